The summed E-state index contributed by atoms with van der Waals surface area (Å²) in [6.45, 7) is 11.7. The summed E-state index contributed by atoms with van der Waals surface area (Å²) in [5, 5.41) is 3.44. The summed E-state index contributed by atoms with van der Waals surface area (Å²) in [4.78, 5) is 4.70. The van der Waals surface area contributed by atoms with Gasteiger partial charge in [-0.25, -0.2) is 0 Å². The maximum absolute atomic E-state index is 14.5. The number of nitrogens with zero attached hydrogens (tertiary/aromatic N) is 2. The number of alkyl halides is 3. The van der Waals surface area contributed by atoms with Crippen LogP contribution in [0.4, 0.5) is 13.2 Å². The quantitative estimate of drug-likeness (QED) is 0.247. The van der Waals surface area contributed by atoms with Crippen LogP contribution in [0.1, 0.15) is 88.3 Å². The largest absolute Gasteiger partial charge is 0.497 e. The van der Waals surface area contributed by atoms with Gasteiger partial charge >= 0.3 is 6.18 Å². The van der Waals surface area contributed by atoms with Crippen LogP contribution in [0.3, 0.4) is 0 Å². The fraction of sp³-hybridized carbons (Fsp3) is 0.650. The number of hydrogen-bond donors (Lipinski definition) is 1. The fourth-order valence-corrected chi connectivity index (χ4v) is 8.83. The second-order valence-electron chi connectivity index (χ2n) is 15.8. The van der Waals surface area contributed by atoms with Crippen LogP contribution in [-0.2, 0) is 16.7 Å². The highest BCUT2D eigenvalue weighted by atomic mass is 19.4. The number of hydrogen-bond acceptors (Lipinski definition) is 5. The van der Waals surface area contributed by atoms with Crippen molar-refractivity contribution in [3.63, 3.8) is 0 Å². The summed E-state index contributed by atoms with van der Waals surface area (Å²) in [5.74, 6) is 1.52. The van der Waals surface area contributed by atoms with Gasteiger partial charge in [0, 0.05) is 57.8 Å². The van der Waals surface area contributed by atoms with E-state index in [2.05, 4.69) is 71.4 Å². The van der Waals surface area contributed by atoms with Gasteiger partial charge in [-0.2, -0.15) is 13.2 Å². The number of allylic oxidation sites excluding steroid dienone is 2. The summed E-state index contributed by atoms with van der Waals surface area (Å²) in [6.07, 6.45) is 5.19. The van der Waals surface area contributed by atoms with Crippen LogP contribution in [0.25, 0.3) is 5.57 Å². The SMILES string of the molecule is COc1ccc([C@]2(CCN(Cc3ccc(C4=CCC(CN5CCNCC5)CC4)cc3)CC3(C(F)(F)F)CCC3)CCOC(C)(C)C2)cc1. The van der Waals surface area contributed by atoms with Crippen molar-refractivity contribution in [1.29, 1.82) is 0 Å². The highest BCUT2D eigenvalue weighted by Crippen LogP contribution is 2.54. The fourth-order valence-electron chi connectivity index (χ4n) is 8.83. The third-order valence-electron chi connectivity index (χ3n) is 11.9. The van der Waals surface area contributed by atoms with Crippen LogP contribution in [0.15, 0.2) is 54.6 Å². The molecule has 8 heteroatoms. The first-order chi connectivity index (χ1) is 23.0. The summed E-state index contributed by atoms with van der Waals surface area (Å²) in [6, 6.07) is 17.0. The molecular weight excluding hydrogens is 611 g/mol. The van der Waals surface area contributed by atoms with Crippen molar-refractivity contribution in [2.75, 3.05) is 59.5 Å². The Balaban J connectivity index is 1.17. The Morgan fingerprint density at radius 3 is 2.31 bits per heavy atom. The van der Waals surface area contributed by atoms with E-state index in [0.717, 1.165) is 75.5 Å². The first-order valence-electron chi connectivity index (χ1n) is 18.3. The second-order valence-corrected chi connectivity index (χ2v) is 15.8. The molecule has 1 N–H and O–H groups in total. The van der Waals surface area contributed by atoms with Gasteiger partial charge in [-0.05, 0) is 112 Å². The van der Waals surface area contributed by atoms with Crippen LogP contribution >= 0.6 is 0 Å². The predicted octanol–water partition coefficient (Wildman–Crippen LogP) is 8.24. The van der Waals surface area contributed by atoms with Crippen molar-refractivity contribution in [2.45, 2.75) is 95.4 Å². The van der Waals surface area contributed by atoms with E-state index >= 15 is 0 Å². The molecule has 1 unspecified atom stereocenters. The lowest BCUT2D eigenvalue weighted by Crippen LogP contribution is -2.52. The molecule has 0 radical (unpaired) electrons. The van der Waals surface area contributed by atoms with Gasteiger partial charge in [-0.1, -0.05) is 48.9 Å². The van der Waals surface area contributed by atoms with Crippen LogP contribution < -0.4 is 10.1 Å². The highest BCUT2D eigenvalue weighted by Gasteiger charge is 2.58. The number of halogens is 3. The molecule has 0 bridgehead atoms. The van der Waals surface area contributed by atoms with Gasteiger partial charge in [-0.3, -0.25) is 4.90 Å². The molecule has 1 saturated carbocycles. The predicted molar refractivity (Wildman–Crippen MR) is 187 cm³/mol. The molecule has 2 aromatic carbocycles. The van der Waals surface area contributed by atoms with E-state index in [1.165, 1.54) is 29.7 Å². The van der Waals surface area contributed by atoms with E-state index in [1.54, 1.807) is 7.11 Å². The molecule has 6 rings (SSSR count). The average Bonchev–Trinajstić information content (AvgIpc) is 3.05. The Bertz CT molecular complexity index is 1360. The van der Waals surface area contributed by atoms with Crippen molar-refractivity contribution in [3.05, 3.63) is 71.3 Å². The number of ether oxygens (including phenoxy) is 2. The molecule has 0 amide bonds. The molecule has 3 fully saturated rings. The molecule has 264 valence electrons. The van der Waals surface area contributed by atoms with E-state index in [1.807, 2.05) is 12.1 Å². The highest BCUT2D eigenvalue weighted by molar-refractivity contribution is 5.66. The van der Waals surface area contributed by atoms with Crippen molar-refractivity contribution < 1.29 is 22.6 Å². The first-order valence-corrected chi connectivity index (χ1v) is 18.3. The van der Waals surface area contributed by atoms with Crippen LogP contribution in [0.5, 0.6) is 5.75 Å². The molecule has 2 aliphatic carbocycles. The molecule has 4 aliphatic rings. The zero-order valence-corrected chi connectivity index (χ0v) is 29.3. The van der Waals surface area contributed by atoms with Crippen molar-refractivity contribution in [3.8, 4) is 5.75 Å². The number of nitrogens with one attached hydrogen (secondary N) is 1. The smallest absolute Gasteiger partial charge is 0.395 e. The lowest BCUT2D eigenvalue weighted by atomic mass is 9.66. The van der Waals surface area contributed by atoms with Crippen LogP contribution in [0, 0.1) is 11.3 Å². The minimum atomic E-state index is -4.20. The Hall–Kier alpha value is -2.39. The van der Waals surface area contributed by atoms with Crippen LogP contribution in [0.2, 0.25) is 0 Å². The molecule has 0 aromatic heterocycles. The summed E-state index contributed by atoms with van der Waals surface area (Å²) < 4.78 is 55.1. The maximum atomic E-state index is 14.5. The molecule has 2 aliphatic heterocycles. The number of piperazine rings is 1. The molecule has 48 heavy (non-hydrogen) atoms. The first kappa shape index (κ1) is 35.4. The van der Waals surface area contributed by atoms with Gasteiger partial charge in [0.25, 0.3) is 0 Å². The van der Waals surface area contributed by atoms with Crippen molar-refractivity contribution in [2.24, 2.45) is 11.3 Å². The Labute approximate surface area is 286 Å². The third kappa shape index (κ3) is 8.31. The zero-order chi connectivity index (χ0) is 33.8. The zero-order valence-electron chi connectivity index (χ0n) is 29.3. The van der Waals surface area contributed by atoms with Crippen LogP contribution in [-0.4, -0.2) is 81.1 Å². The average molecular weight is 668 g/mol. The number of rotatable bonds is 12. The molecular formula is C40H56F3N3O2. The normalized spacial score (nSPS) is 26.1. The van der Waals surface area contributed by atoms with E-state index < -0.39 is 11.6 Å². The summed E-state index contributed by atoms with van der Waals surface area (Å²) in [5.41, 5.74) is 2.85. The second kappa shape index (κ2) is 14.8. The van der Waals surface area contributed by atoms with E-state index in [0.29, 0.717) is 26.1 Å². The topological polar surface area (TPSA) is 37.0 Å². The molecule has 2 heterocycles. The van der Waals surface area contributed by atoms with Gasteiger partial charge in [0.15, 0.2) is 0 Å². The lowest BCUT2D eigenvalue weighted by Gasteiger charge is -2.48. The lowest BCUT2D eigenvalue weighted by molar-refractivity contribution is -0.256. The molecule has 2 aromatic rings. The van der Waals surface area contributed by atoms with Crippen molar-refractivity contribution >= 4 is 5.57 Å². The minimum Gasteiger partial charge on any atom is -0.497 e. The molecule has 2 saturated heterocycles. The monoisotopic (exact) mass is 667 g/mol. The minimum absolute atomic E-state index is 0.0520. The van der Waals surface area contributed by atoms with Crippen molar-refractivity contribution in [1.82, 2.24) is 15.1 Å². The van der Waals surface area contributed by atoms with E-state index in [9.17, 15) is 13.2 Å². The maximum Gasteiger partial charge on any atom is 0.395 e. The standard InChI is InChI=1S/C40H56F3N3O2/c1-37(2)29-38(20-26-48-37,35-13-15-36(47-3)16-14-35)19-23-46(30-39(17-4-18-39)40(41,42)43)28-32-7-11-34(12-8-32)33-9-5-31(6-10-33)27-45-24-21-44-22-25-45/h7-9,11-16,31,44H,4-6,10,17-30H2,1-3H3/t31?,38-/m1/s1. The molecule has 2 atom stereocenters. The summed E-state index contributed by atoms with van der Waals surface area (Å²) in [7, 11) is 1.67. The van der Waals surface area contributed by atoms with Gasteiger partial charge in [-0.15, -0.1) is 0 Å². The number of benzene rings is 2. The molecule has 0 spiro atoms. The van der Waals surface area contributed by atoms with Gasteiger partial charge in [0.05, 0.1) is 18.1 Å². The Morgan fingerprint density at radius 1 is 1.00 bits per heavy atom. The molecule has 5 nitrogen and oxygen atoms in total. The number of methoxy groups -OCH3 is 1. The Morgan fingerprint density at radius 2 is 1.73 bits per heavy atom. The Kier molecular flexibility index (Phi) is 11.0. The van der Waals surface area contributed by atoms with Gasteiger partial charge < -0.3 is 19.7 Å². The van der Waals surface area contributed by atoms with E-state index in [-0.39, 0.29) is 30.4 Å². The van der Waals surface area contributed by atoms with Gasteiger partial charge in [0.2, 0.25) is 0 Å². The summed E-state index contributed by atoms with van der Waals surface area (Å²) >= 11 is 0. The third-order valence-corrected chi connectivity index (χ3v) is 11.9. The van der Waals surface area contributed by atoms with E-state index in [4.69, 9.17) is 9.47 Å². The van der Waals surface area contributed by atoms with Gasteiger partial charge in [0.1, 0.15) is 5.75 Å².